The van der Waals surface area contributed by atoms with Gasteiger partial charge in [0.25, 0.3) is 0 Å². The minimum atomic E-state index is 0.405. The molecule has 0 N–H and O–H groups in total. The molecule has 3 heterocycles. The average molecular weight is 219 g/mol. The highest BCUT2D eigenvalue weighted by Crippen LogP contribution is 2.25. The molecule has 1 unspecified atom stereocenters. The molecule has 0 bridgehead atoms. The molecule has 1 atom stereocenters. The van der Waals surface area contributed by atoms with E-state index in [0.29, 0.717) is 17.9 Å². The normalized spacial score (nSPS) is 20.6. The van der Waals surface area contributed by atoms with E-state index < -0.39 is 0 Å². The molecule has 3 rings (SSSR count). The van der Waals surface area contributed by atoms with Crippen LogP contribution in [0.25, 0.3) is 0 Å². The van der Waals surface area contributed by atoms with Crippen molar-refractivity contribution in [1.29, 1.82) is 0 Å². The molecule has 0 spiro atoms. The quantitative estimate of drug-likeness (QED) is 0.754. The van der Waals surface area contributed by atoms with Crippen molar-refractivity contribution in [2.75, 3.05) is 18.0 Å². The number of nitrogens with zero attached hydrogens (tertiary/aromatic N) is 5. The van der Waals surface area contributed by atoms with Crippen molar-refractivity contribution in [3.8, 4) is 0 Å². The lowest BCUT2D eigenvalue weighted by Gasteiger charge is -2.13. The van der Waals surface area contributed by atoms with Crippen molar-refractivity contribution in [2.24, 2.45) is 0 Å². The standard InChI is InChI=1S/C10H13N5O/c1-8-12-13-10(16-8)14-6-3-9(7-14)15-5-2-4-11-15/h2,4-5,9H,3,6-7H2,1H3. The second-order valence-electron chi connectivity index (χ2n) is 3.98. The molecule has 0 aliphatic carbocycles. The Morgan fingerprint density at radius 2 is 2.38 bits per heavy atom. The van der Waals surface area contributed by atoms with E-state index in [2.05, 4.69) is 20.2 Å². The third-order valence-electron chi connectivity index (χ3n) is 2.85. The van der Waals surface area contributed by atoms with Gasteiger partial charge in [-0.2, -0.15) is 5.10 Å². The van der Waals surface area contributed by atoms with Gasteiger partial charge < -0.3 is 9.32 Å². The number of anilines is 1. The zero-order chi connectivity index (χ0) is 11.0. The van der Waals surface area contributed by atoms with E-state index >= 15 is 0 Å². The van der Waals surface area contributed by atoms with Gasteiger partial charge in [0.2, 0.25) is 5.89 Å². The fourth-order valence-electron chi connectivity index (χ4n) is 2.04. The van der Waals surface area contributed by atoms with Gasteiger partial charge in [-0.15, -0.1) is 5.10 Å². The number of aryl methyl sites for hydroxylation is 1. The summed E-state index contributed by atoms with van der Waals surface area (Å²) in [6.45, 7) is 3.62. The molecule has 0 saturated carbocycles. The van der Waals surface area contributed by atoms with Crippen LogP contribution >= 0.6 is 0 Å². The molecule has 2 aromatic rings. The largest absolute Gasteiger partial charge is 0.408 e. The molecule has 1 fully saturated rings. The van der Waals surface area contributed by atoms with E-state index in [-0.39, 0.29) is 0 Å². The van der Waals surface area contributed by atoms with Gasteiger partial charge in [0, 0.05) is 32.4 Å². The summed E-state index contributed by atoms with van der Waals surface area (Å²) >= 11 is 0. The Kier molecular flexibility index (Phi) is 2.12. The maximum Gasteiger partial charge on any atom is 0.318 e. The maximum atomic E-state index is 5.41. The Morgan fingerprint density at radius 1 is 1.44 bits per heavy atom. The zero-order valence-electron chi connectivity index (χ0n) is 9.08. The third-order valence-corrected chi connectivity index (χ3v) is 2.85. The number of hydrogen-bond donors (Lipinski definition) is 0. The first-order valence-corrected chi connectivity index (χ1v) is 5.37. The number of aromatic nitrogens is 4. The Bertz CT molecular complexity index is 463. The number of hydrogen-bond acceptors (Lipinski definition) is 5. The van der Waals surface area contributed by atoms with E-state index in [1.807, 2.05) is 16.9 Å². The second-order valence-corrected chi connectivity index (χ2v) is 3.98. The van der Waals surface area contributed by atoms with Crippen LogP contribution in [-0.4, -0.2) is 33.1 Å². The predicted molar refractivity (Wildman–Crippen MR) is 57.1 cm³/mol. The van der Waals surface area contributed by atoms with Gasteiger partial charge in [-0.25, -0.2) is 0 Å². The van der Waals surface area contributed by atoms with E-state index in [1.54, 1.807) is 13.1 Å². The lowest BCUT2D eigenvalue weighted by atomic mass is 10.3. The zero-order valence-corrected chi connectivity index (χ0v) is 9.08. The molecule has 84 valence electrons. The molecule has 0 radical (unpaired) electrons. The third kappa shape index (κ3) is 1.56. The summed E-state index contributed by atoms with van der Waals surface area (Å²) in [5, 5.41) is 12.1. The van der Waals surface area contributed by atoms with Crippen molar-refractivity contribution >= 4 is 6.01 Å². The molecule has 0 amide bonds. The van der Waals surface area contributed by atoms with Crippen LogP contribution < -0.4 is 4.90 Å². The van der Waals surface area contributed by atoms with Crippen LogP contribution in [0.1, 0.15) is 18.4 Å². The summed E-state index contributed by atoms with van der Waals surface area (Å²) in [7, 11) is 0. The minimum absolute atomic E-state index is 0.405. The van der Waals surface area contributed by atoms with Crippen LogP contribution in [0.4, 0.5) is 6.01 Å². The molecular formula is C10H13N5O. The fourth-order valence-corrected chi connectivity index (χ4v) is 2.04. The molecule has 1 aliphatic rings. The lowest BCUT2D eigenvalue weighted by Crippen LogP contribution is -2.21. The molecule has 1 aliphatic heterocycles. The Labute approximate surface area is 92.9 Å². The Morgan fingerprint density at radius 3 is 3.06 bits per heavy atom. The maximum absolute atomic E-state index is 5.41. The van der Waals surface area contributed by atoms with E-state index in [1.165, 1.54) is 0 Å². The molecule has 6 nitrogen and oxygen atoms in total. The van der Waals surface area contributed by atoms with Gasteiger partial charge in [0.1, 0.15) is 0 Å². The highest BCUT2D eigenvalue weighted by Gasteiger charge is 2.27. The van der Waals surface area contributed by atoms with Crippen molar-refractivity contribution in [3.05, 3.63) is 24.4 Å². The minimum Gasteiger partial charge on any atom is -0.408 e. The van der Waals surface area contributed by atoms with Gasteiger partial charge in [-0.3, -0.25) is 4.68 Å². The smallest absolute Gasteiger partial charge is 0.318 e. The molecule has 6 heteroatoms. The summed E-state index contributed by atoms with van der Waals surface area (Å²) in [5.74, 6) is 0.609. The van der Waals surface area contributed by atoms with Crippen LogP contribution in [0.15, 0.2) is 22.9 Å². The first-order valence-electron chi connectivity index (χ1n) is 5.37. The van der Waals surface area contributed by atoms with Crippen LogP contribution in [-0.2, 0) is 0 Å². The SMILES string of the molecule is Cc1nnc(N2CCC(n3cccn3)C2)o1. The van der Waals surface area contributed by atoms with Gasteiger partial charge in [-0.05, 0) is 12.5 Å². The molecule has 0 aromatic carbocycles. The van der Waals surface area contributed by atoms with Crippen LogP contribution in [0.2, 0.25) is 0 Å². The van der Waals surface area contributed by atoms with Crippen molar-refractivity contribution in [1.82, 2.24) is 20.0 Å². The highest BCUT2D eigenvalue weighted by atomic mass is 16.4. The molecule has 1 saturated heterocycles. The van der Waals surface area contributed by atoms with Gasteiger partial charge in [0.15, 0.2) is 0 Å². The molecule has 2 aromatic heterocycles. The van der Waals surface area contributed by atoms with Crippen LogP contribution in [0, 0.1) is 6.92 Å². The summed E-state index contributed by atoms with van der Waals surface area (Å²) in [6, 6.07) is 2.97. The predicted octanol–water partition coefficient (Wildman–Crippen LogP) is 1.03. The Hall–Kier alpha value is -1.85. The summed E-state index contributed by atoms with van der Waals surface area (Å²) in [4.78, 5) is 2.10. The average Bonchev–Trinajstić information content (AvgIpc) is 2.97. The first kappa shape index (κ1) is 9.38. The fraction of sp³-hybridized carbons (Fsp3) is 0.500. The Balaban J connectivity index is 1.74. The van der Waals surface area contributed by atoms with E-state index in [4.69, 9.17) is 4.42 Å². The summed E-state index contributed by atoms with van der Waals surface area (Å²) in [6.07, 6.45) is 4.86. The summed E-state index contributed by atoms with van der Waals surface area (Å²) in [5.41, 5.74) is 0. The number of rotatable bonds is 2. The first-order chi connectivity index (χ1) is 7.83. The highest BCUT2D eigenvalue weighted by molar-refractivity contribution is 5.26. The van der Waals surface area contributed by atoms with Crippen molar-refractivity contribution in [3.63, 3.8) is 0 Å². The van der Waals surface area contributed by atoms with Crippen LogP contribution in [0.5, 0.6) is 0 Å². The molecule has 16 heavy (non-hydrogen) atoms. The lowest BCUT2D eigenvalue weighted by molar-refractivity contribution is 0.483. The second kappa shape index (κ2) is 3.62. The monoisotopic (exact) mass is 219 g/mol. The van der Waals surface area contributed by atoms with Crippen molar-refractivity contribution in [2.45, 2.75) is 19.4 Å². The van der Waals surface area contributed by atoms with Gasteiger partial charge in [-0.1, -0.05) is 5.10 Å². The van der Waals surface area contributed by atoms with Gasteiger partial charge in [0.05, 0.1) is 6.04 Å². The van der Waals surface area contributed by atoms with E-state index in [0.717, 1.165) is 19.5 Å². The van der Waals surface area contributed by atoms with Gasteiger partial charge >= 0.3 is 6.01 Å². The van der Waals surface area contributed by atoms with Crippen LogP contribution in [0.3, 0.4) is 0 Å². The van der Waals surface area contributed by atoms with E-state index in [9.17, 15) is 0 Å². The molecular weight excluding hydrogens is 206 g/mol. The van der Waals surface area contributed by atoms with Crippen molar-refractivity contribution < 1.29 is 4.42 Å². The summed E-state index contributed by atoms with van der Waals surface area (Å²) < 4.78 is 7.40. The topological polar surface area (TPSA) is 60.0 Å².